The molecule has 0 saturated carbocycles. The molecule has 0 unspecified atom stereocenters. The monoisotopic (exact) mass is 551 g/mol. The summed E-state index contributed by atoms with van der Waals surface area (Å²) >= 11 is 0.194. The van der Waals surface area contributed by atoms with Crippen molar-refractivity contribution < 1.29 is 13.1 Å². The van der Waals surface area contributed by atoms with Crippen LogP contribution in [0.3, 0.4) is 0 Å². The van der Waals surface area contributed by atoms with E-state index in [9.17, 15) is 0 Å². The molecule has 0 fully saturated rings. The molecule has 0 aliphatic rings. The first kappa shape index (κ1) is 29.3. The van der Waals surface area contributed by atoms with Crippen molar-refractivity contribution in [2.75, 3.05) is 0 Å². The summed E-state index contributed by atoms with van der Waals surface area (Å²) in [6, 6.07) is 14.9. The van der Waals surface area contributed by atoms with Gasteiger partial charge in [-0.15, -0.1) is 0 Å². The van der Waals surface area contributed by atoms with Crippen molar-refractivity contribution in [1.82, 2.24) is 4.98 Å². The van der Waals surface area contributed by atoms with Gasteiger partial charge in [0.15, 0.2) is 0 Å². The Morgan fingerprint density at radius 3 is 1.29 bits per heavy atom. The number of aliphatic imine (C=N–C) groups is 2. The summed E-state index contributed by atoms with van der Waals surface area (Å²) in [4.78, 5) is 15.1. The standard InChI is InChI=1S/C29H35N3.2ClH.Fe/c1-9-24(31-28-20(5)14-18(3)15-21(28)6)26-12-11-13-27(30-26)25(10-2)32-29-22(7)16-19(4)17-23(29)8;;;/h11-17H,9-10H2,1-8H3;2*1H;/q;;;+2/p-2. The van der Waals surface area contributed by atoms with Crippen LogP contribution < -0.4 is 0 Å². The molecule has 3 rings (SSSR count). The van der Waals surface area contributed by atoms with Gasteiger partial charge in [-0.3, -0.25) is 9.98 Å². The first-order valence-corrected chi connectivity index (χ1v) is 14.8. The summed E-state index contributed by atoms with van der Waals surface area (Å²) in [6.07, 6.45) is 1.63. The van der Waals surface area contributed by atoms with Crippen LogP contribution in [0.25, 0.3) is 0 Å². The van der Waals surface area contributed by atoms with Crippen LogP contribution in [0.2, 0.25) is 0 Å². The summed E-state index contributed by atoms with van der Waals surface area (Å²) in [7, 11) is 9.53. The normalized spacial score (nSPS) is 11.9. The molecule has 3 aromatic rings. The van der Waals surface area contributed by atoms with Crippen molar-refractivity contribution in [3.05, 3.63) is 87.2 Å². The zero-order chi connectivity index (χ0) is 26.1. The van der Waals surface area contributed by atoms with Gasteiger partial charge in [0.2, 0.25) is 0 Å². The number of aryl methyl sites for hydroxylation is 6. The third kappa shape index (κ3) is 8.02. The Morgan fingerprint density at radius 1 is 0.686 bits per heavy atom. The number of benzene rings is 2. The van der Waals surface area contributed by atoms with Crippen molar-refractivity contribution in [2.24, 2.45) is 9.98 Å². The van der Waals surface area contributed by atoms with Crippen LogP contribution in [0.1, 0.15) is 71.5 Å². The fraction of sp³-hybridized carbons (Fsp3) is 0.345. The van der Waals surface area contributed by atoms with E-state index < -0.39 is 0 Å². The van der Waals surface area contributed by atoms with Crippen LogP contribution in [0.4, 0.5) is 11.4 Å². The summed E-state index contributed by atoms with van der Waals surface area (Å²) < 4.78 is 0. The maximum absolute atomic E-state index is 5.05. The van der Waals surface area contributed by atoms with E-state index in [2.05, 4.69) is 97.9 Å². The Labute approximate surface area is 225 Å². The Morgan fingerprint density at radius 2 is 1.00 bits per heavy atom. The van der Waals surface area contributed by atoms with Crippen molar-refractivity contribution in [3.63, 3.8) is 0 Å². The van der Waals surface area contributed by atoms with E-state index in [0.29, 0.717) is 0 Å². The summed E-state index contributed by atoms with van der Waals surface area (Å²) in [5.41, 5.74) is 13.3. The minimum absolute atomic E-state index is 0.194. The molecule has 0 amide bonds. The quantitative estimate of drug-likeness (QED) is 0.222. The van der Waals surface area contributed by atoms with E-state index in [4.69, 9.17) is 35.2 Å². The van der Waals surface area contributed by atoms with E-state index >= 15 is 0 Å². The van der Waals surface area contributed by atoms with Gasteiger partial charge in [-0.25, -0.2) is 4.98 Å². The van der Waals surface area contributed by atoms with Crippen LogP contribution >= 0.6 is 20.2 Å². The number of aromatic nitrogens is 1. The minimum atomic E-state index is 0.194. The predicted molar refractivity (Wildman–Crippen MR) is 150 cm³/mol. The molecule has 2 aromatic carbocycles. The molecule has 0 spiro atoms. The van der Waals surface area contributed by atoms with Gasteiger partial charge < -0.3 is 0 Å². The molecular formula is C29H35Cl2FeN3. The van der Waals surface area contributed by atoms with Crippen molar-refractivity contribution in [1.29, 1.82) is 0 Å². The number of halogens is 2. The van der Waals surface area contributed by atoms with E-state index in [1.807, 2.05) is 0 Å². The summed E-state index contributed by atoms with van der Waals surface area (Å²) in [6.45, 7) is 17.0. The second-order valence-corrected chi connectivity index (χ2v) is 10.6. The van der Waals surface area contributed by atoms with E-state index in [0.717, 1.165) is 47.0 Å². The zero-order valence-corrected chi connectivity index (χ0v) is 24.5. The van der Waals surface area contributed by atoms with Gasteiger partial charge in [-0.05, 0) is 88.8 Å². The van der Waals surface area contributed by atoms with Crippen LogP contribution in [0, 0.1) is 41.5 Å². The molecule has 6 heteroatoms. The van der Waals surface area contributed by atoms with Gasteiger partial charge in [0.1, 0.15) is 0 Å². The van der Waals surface area contributed by atoms with Crippen LogP contribution in [0.5, 0.6) is 0 Å². The molecule has 0 bridgehead atoms. The first-order chi connectivity index (χ1) is 16.6. The number of nitrogens with zero attached hydrogens (tertiary/aromatic N) is 3. The average Bonchev–Trinajstić information content (AvgIpc) is 2.79. The third-order valence-corrected chi connectivity index (χ3v) is 5.77. The van der Waals surface area contributed by atoms with Crippen molar-refractivity contribution in [2.45, 2.75) is 68.2 Å². The summed E-state index contributed by atoms with van der Waals surface area (Å²) in [5, 5.41) is 0. The zero-order valence-electron chi connectivity index (χ0n) is 21.9. The molecule has 1 heterocycles. The second-order valence-electron chi connectivity index (χ2n) is 8.78. The van der Waals surface area contributed by atoms with Gasteiger partial charge in [0, 0.05) is 0 Å². The second kappa shape index (κ2) is 13.9. The number of rotatable bonds is 6. The predicted octanol–water partition coefficient (Wildman–Crippen LogP) is 9.37. The third-order valence-electron chi connectivity index (χ3n) is 5.77. The van der Waals surface area contributed by atoms with Gasteiger partial charge in [0.25, 0.3) is 0 Å². The molecule has 188 valence electrons. The Bertz CT molecular complexity index is 1100. The average molecular weight is 552 g/mol. The molecule has 0 aliphatic heterocycles. The van der Waals surface area contributed by atoms with E-state index in [-0.39, 0.29) is 13.1 Å². The molecule has 0 saturated heterocycles. The molecule has 0 aliphatic carbocycles. The molecular weight excluding hydrogens is 517 g/mol. The molecule has 1 aromatic heterocycles. The molecule has 0 radical (unpaired) electrons. The first-order valence-electron chi connectivity index (χ1n) is 11.8. The van der Waals surface area contributed by atoms with Crippen LogP contribution in [-0.2, 0) is 13.1 Å². The number of hydrogen-bond donors (Lipinski definition) is 0. The van der Waals surface area contributed by atoms with Crippen molar-refractivity contribution >= 4 is 43.0 Å². The fourth-order valence-electron chi connectivity index (χ4n) is 4.36. The fourth-order valence-corrected chi connectivity index (χ4v) is 4.36. The van der Waals surface area contributed by atoms with E-state index in [1.54, 1.807) is 0 Å². The van der Waals surface area contributed by atoms with Crippen molar-refractivity contribution in [3.8, 4) is 0 Å². The molecule has 0 atom stereocenters. The molecule has 3 nitrogen and oxygen atoms in total. The SMILES string of the molecule is CCC(=Nc1c(C)cc(C)cc1C)c1cccc(C(CC)=Nc2c(C)cc(C)cc2C)n1.[Cl][Fe][Cl]. The Hall–Kier alpha value is -1.97. The topological polar surface area (TPSA) is 37.6 Å². The maximum atomic E-state index is 5.05. The Kier molecular flexibility index (Phi) is 11.7. The van der Waals surface area contributed by atoms with Gasteiger partial charge in [-0.1, -0.05) is 55.3 Å². The number of hydrogen-bond acceptors (Lipinski definition) is 3. The van der Waals surface area contributed by atoms with E-state index in [1.165, 1.54) is 33.4 Å². The van der Waals surface area contributed by atoms with Gasteiger partial charge in [0.05, 0.1) is 34.2 Å². The van der Waals surface area contributed by atoms with Gasteiger partial charge >= 0.3 is 33.3 Å². The molecule has 35 heavy (non-hydrogen) atoms. The molecule has 0 N–H and O–H groups in total. The van der Waals surface area contributed by atoms with Gasteiger partial charge in [-0.2, -0.15) is 0 Å². The number of pyridine rings is 1. The van der Waals surface area contributed by atoms with Crippen LogP contribution in [0.15, 0.2) is 52.4 Å². The van der Waals surface area contributed by atoms with Crippen LogP contribution in [-0.4, -0.2) is 16.4 Å². The Balaban J connectivity index is 0.00000137. The summed E-state index contributed by atoms with van der Waals surface area (Å²) in [5.74, 6) is 0.